The Balaban J connectivity index is 2.27. The van der Waals surface area contributed by atoms with Gasteiger partial charge in [0, 0.05) is 17.6 Å². The summed E-state index contributed by atoms with van der Waals surface area (Å²) in [6, 6.07) is 4.70. The summed E-state index contributed by atoms with van der Waals surface area (Å²) in [5.74, 6) is 1.000. The molecule has 100 valence electrons. The Morgan fingerprint density at radius 1 is 1.39 bits per heavy atom. The number of aromatic hydroxyl groups is 1. The van der Waals surface area contributed by atoms with E-state index in [1.807, 2.05) is 12.1 Å². The van der Waals surface area contributed by atoms with Crippen LogP contribution in [0.3, 0.4) is 0 Å². The summed E-state index contributed by atoms with van der Waals surface area (Å²) >= 11 is 0. The number of aryl methyl sites for hydroxylation is 1. The fourth-order valence-electron chi connectivity index (χ4n) is 3.35. The summed E-state index contributed by atoms with van der Waals surface area (Å²) < 4.78 is 0. The number of hydrogen-bond acceptors (Lipinski definition) is 2. The van der Waals surface area contributed by atoms with E-state index in [9.17, 15) is 5.11 Å². The zero-order chi connectivity index (χ0) is 13.3. The number of benzene rings is 1. The average molecular weight is 247 g/mol. The minimum atomic E-state index is 0.316. The number of rotatable bonds is 4. The highest BCUT2D eigenvalue weighted by Crippen LogP contribution is 2.46. The second kappa shape index (κ2) is 5.31. The third-order valence-electron chi connectivity index (χ3n) is 4.12. The van der Waals surface area contributed by atoms with E-state index in [0.717, 1.165) is 12.0 Å². The molecule has 1 aromatic rings. The lowest BCUT2D eigenvalue weighted by atomic mass is 9.97. The normalized spacial score (nSPS) is 24.0. The fourth-order valence-corrected chi connectivity index (χ4v) is 3.35. The van der Waals surface area contributed by atoms with Gasteiger partial charge in [0.05, 0.1) is 0 Å². The van der Waals surface area contributed by atoms with Crippen molar-refractivity contribution in [1.82, 2.24) is 5.32 Å². The Bertz CT molecular complexity index is 427. The smallest absolute Gasteiger partial charge is 0.120 e. The van der Waals surface area contributed by atoms with Gasteiger partial charge in [-0.05, 0) is 49.8 Å². The second-order valence-corrected chi connectivity index (χ2v) is 5.77. The van der Waals surface area contributed by atoms with Crippen molar-refractivity contribution in [3.63, 3.8) is 0 Å². The quantitative estimate of drug-likeness (QED) is 0.842. The van der Waals surface area contributed by atoms with E-state index >= 15 is 0 Å². The molecule has 3 atom stereocenters. The Hall–Kier alpha value is -1.02. The van der Waals surface area contributed by atoms with Gasteiger partial charge < -0.3 is 10.4 Å². The van der Waals surface area contributed by atoms with Gasteiger partial charge in [0.2, 0.25) is 0 Å². The van der Waals surface area contributed by atoms with E-state index in [1.54, 1.807) is 0 Å². The molecule has 1 aromatic carbocycles. The van der Waals surface area contributed by atoms with Gasteiger partial charge in [-0.15, -0.1) is 0 Å². The number of phenolic OH excluding ortho intramolecular Hbond substituents is 1. The maximum Gasteiger partial charge on any atom is 0.120 e. The van der Waals surface area contributed by atoms with E-state index < -0.39 is 0 Å². The Labute approximate surface area is 110 Å². The van der Waals surface area contributed by atoms with Gasteiger partial charge in [-0.3, -0.25) is 0 Å². The molecule has 0 aromatic heterocycles. The van der Waals surface area contributed by atoms with Gasteiger partial charge in [-0.2, -0.15) is 0 Å². The predicted molar refractivity (Wildman–Crippen MR) is 76.1 cm³/mol. The highest BCUT2D eigenvalue weighted by atomic mass is 16.3. The fraction of sp³-hybridized carbons (Fsp3) is 0.625. The monoisotopic (exact) mass is 247 g/mol. The molecule has 0 aliphatic heterocycles. The molecule has 0 fully saturated rings. The van der Waals surface area contributed by atoms with Gasteiger partial charge in [-0.25, -0.2) is 0 Å². The first kappa shape index (κ1) is 13.4. The summed E-state index contributed by atoms with van der Waals surface area (Å²) in [6.45, 7) is 8.86. The number of hydrogen-bond donors (Lipinski definition) is 2. The molecule has 0 heterocycles. The Kier molecular flexibility index (Phi) is 3.96. The van der Waals surface area contributed by atoms with Crippen molar-refractivity contribution in [2.75, 3.05) is 0 Å². The minimum absolute atomic E-state index is 0.316. The van der Waals surface area contributed by atoms with Gasteiger partial charge in [0.15, 0.2) is 0 Å². The average Bonchev–Trinajstić information content (AvgIpc) is 2.62. The second-order valence-electron chi connectivity index (χ2n) is 5.77. The van der Waals surface area contributed by atoms with Crippen molar-refractivity contribution in [2.45, 2.75) is 65.0 Å². The van der Waals surface area contributed by atoms with Crippen LogP contribution < -0.4 is 5.32 Å². The molecular weight excluding hydrogens is 222 g/mol. The summed E-state index contributed by atoms with van der Waals surface area (Å²) in [5.41, 5.74) is 3.81. The van der Waals surface area contributed by atoms with Crippen LogP contribution >= 0.6 is 0 Å². The van der Waals surface area contributed by atoms with E-state index in [2.05, 4.69) is 33.0 Å². The molecule has 0 radical (unpaired) electrons. The van der Waals surface area contributed by atoms with Crippen LogP contribution in [0.25, 0.3) is 0 Å². The van der Waals surface area contributed by atoms with E-state index in [4.69, 9.17) is 0 Å². The zero-order valence-electron chi connectivity index (χ0n) is 12.0. The molecule has 18 heavy (non-hydrogen) atoms. The van der Waals surface area contributed by atoms with E-state index in [0.29, 0.717) is 23.8 Å². The first-order valence-electron chi connectivity index (χ1n) is 7.13. The standard InChI is InChI=1S/C16H25NO/c1-5-6-12(4)17-13-9-11(3)15-10(2)7-8-14(18)16(13)15/h7-8,11-13,17-18H,5-6,9H2,1-4H3. The maximum absolute atomic E-state index is 10.1. The number of nitrogens with one attached hydrogen (secondary N) is 1. The lowest BCUT2D eigenvalue weighted by molar-refractivity contribution is 0.404. The van der Waals surface area contributed by atoms with Crippen LogP contribution in [0.15, 0.2) is 12.1 Å². The highest BCUT2D eigenvalue weighted by molar-refractivity contribution is 5.50. The van der Waals surface area contributed by atoms with Crippen LogP contribution in [0.2, 0.25) is 0 Å². The molecule has 3 unspecified atom stereocenters. The Morgan fingerprint density at radius 3 is 2.78 bits per heavy atom. The van der Waals surface area contributed by atoms with Crippen molar-refractivity contribution in [1.29, 1.82) is 0 Å². The van der Waals surface area contributed by atoms with Crippen molar-refractivity contribution in [3.8, 4) is 5.75 Å². The van der Waals surface area contributed by atoms with Crippen LogP contribution in [0.1, 0.15) is 68.7 Å². The molecule has 2 nitrogen and oxygen atoms in total. The molecule has 0 amide bonds. The first-order chi connectivity index (χ1) is 8.54. The van der Waals surface area contributed by atoms with E-state index in [-0.39, 0.29) is 0 Å². The number of fused-ring (bicyclic) bond motifs is 1. The molecule has 1 aliphatic rings. The van der Waals surface area contributed by atoms with Crippen LogP contribution in [0.4, 0.5) is 0 Å². The van der Waals surface area contributed by atoms with Crippen LogP contribution in [0.5, 0.6) is 5.75 Å². The maximum atomic E-state index is 10.1. The predicted octanol–water partition coefficient (Wildman–Crippen LogP) is 4.03. The third-order valence-corrected chi connectivity index (χ3v) is 4.12. The van der Waals surface area contributed by atoms with Gasteiger partial charge in [-0.1, -0.05) is 26.3 Å². The molecule has 0 bridgehead atoms. The molecule has 2 N–H and O–H groups in total. The van der Waals surface area contributed by atoms with Crippen LogP contribution in [-0.2, 0) is 0 Å². The van der Waals surface area contributed by atoms with Crippen LogP contribution in [0, 0.1) is 6.92 Å². The number of phenols is 1. The van der Waals surface area contributed by atoms with Crippen molar-refractivity contribution < 1.29 is 5.11 Å². The van der Waals surface area contributed by atoms with Crippen LogP contribution in [-0.4, -0.2) is 11.1 Å². The SMILES string of the molecule is CCCC(C)NC1CC(C)c2c(C)ccc(O)c21. The van der Waals surface area contributed by atoms with Gasteiger partial charge in [0.1, 0.15) is 5.75 Å². The Morgan fingerprint density at radius 2 is 2.11 bits per heavy atom. The molecule has 0 saturated carbocycles. The molecule has 2 heteroatoms. The third kappa shape index (κ3) is 2.39. The lowest BCUT2D eigenvalue weighted by Crippen LogP contribution is -2.29. The summed E-state index contributed by atoms with van der Waals surface area (Å²) in [5, 5.41) is 13.8. The summed E-state index contributed by atoms with van der Waals surface area (Å²) in [7, 11) is 0. The van der Waals surface area contributed by atoms with Gasteiger partial charge >= 0.3 is 0 Å². The van der Waals surface area contributed by atoms with Crippen molar-refractivity contribution in [2.24, 2.45) is 0 Å². The van der Waals surface area contributed by atoms with Gasteiger partial charge in [0.25, 0.3) is 0 Å². The summed E-state index contributed by atoms with van der Waals surface area (Å²) in [4.78, 5) is 0. The van der Waals surface area contributed by atoms with Crippen molar-refractivity contribution >= 4 is 0 Å². The zero-order valence-corrected chi connectivity index (χ0v) is 12.0. The first-order valence-corrected chi connectivity index (χ1v) is 7.13. The molecular formula is C16H25NO. The molecule has 0 saturated heterocycles. The highest BCUT2D eigenvalue weighted by Gasteiger charge is 2.32. The molecule has 1 aliphatic carbocycles. The summed E-state index contributed by atoms with van der Waals surface area (Å²) in [6.07, 6.45) is 3.48. The lowest BCUT2D eigenvalue weighted by Gasteiger charge is -2.21. The topological polar surface area (TPSA) is 32.3 Å². The molecule has 0 spiro atoms. The van der Waals surface area contributed by atoms with E-state index in [1.165, 1.54) is 24.0 Å². The minimum Gasteiger partial charge on any atom is -0.508 e. The largest absolute Gasteiger partial charge is 0.508 e. The molecule has 2 rings (SSSR count). The van der Waals surface area contributed by atoms with Crippen molar-refractivity contribution in [3.05, 3.63) is 28.8 Å².